The largest absolute Gasteiger partial charge is 0.455 e. The zero-order valence-electron chi connectivity index (χ0n) is 12.5. The van der Waals surface area contributed by atoms with Crippen LogP contribution in [0.2, 0.25) is 5.02 Å². The number of nitrogens with zero attached hydrogens (tertiary/aromatic N) is 2. The van der Waals surface area contributed by atoms with Gasteiger partial charge >= 0.3 is 0 Å². The van der Waals surface area contributed by atoms with Gasteiger partial charge in [-0.05, 0) is 48.5 Å². The Morgan fingerprint density at radius 2 is 1.88 bits per heavy atom. The topological polar surface area (TPSA) is 66.2 Å². The molecule has 2 aromatic carbocycles. The molecule has 0 radical (unpaired) electrons. The summed E-state index contributed by atoms with van der Waals surface area (Å²) in [5.74, 6) is 1.98. The predicted octanol–water partition coefficient (Wildman–Crippen LogP) is 4.92. The molecule has 0 bridgehead atoms. The number of nitrogens with one attached hydrogen (secondary N) is 2. The number of furan rings is 1. The lowest BCUT2D eigenvalue weighted by Gasteiger charge is -1.96. The SMILES string of the molecule is Clc1ccc(-c2ccc(C=NNc3nc4ccccc4[nH]3)o2)cc1. The molecule has 2 heterocycles. The van der Waals surface area contributed by atoms with Gasteiger partial charge in [-0.3, -0.25) is 0 Å². The molecule has 4 rings (SSSR count). The van der Waals surface area contributed by atoms with Crippen molar-refractivity contribution in [1.82, 2.24) is 9.97 Å². The van der Waals surface area contributed by atoms with E-state index in [1.54, 1.807) is 6.21 Å². The number of hydrogen-bond acceptors (Lipinski definition) is 4. The van der Waals surface area contributed by atoms with Crippen LogP contribution in [0.25, 0.3) is 22.4 Å². The summed E-state index contributed by atoms with van der Waals surface area (Å²) in [7, 11) is 0. The van der Waals surface area contributed by atoms with E-state index in [4.69, 9.17) is 16.0 Å². The Morgan fingerprint density at radius 3 is 2.71 bits per heavy atom. The first-order chi connectivity index (χ1) is 11.8. The molecule has 0 aliphatic rings. The zero-order valence-corrected chi connectivity index (χ0v) is 13.3. The molecule has 0 unspecified atom stereocenters. The molecule has 0 aliphatic carbocycles. The highest BCUT2D eigenvalue weighted by molar-refractivity contribution is 6.30. The summed E-state index contributed by atoms with van der Waals surface area (Å²) in [5, 5.41) is 4.84. The van der Waals surface area contributed by atoms with Crippen molar-refractivity contribution in [3.63, 3.8) is 0 Å². The van der Waals surface area contributed by atoms with Crippen LogP contribution < -0.4 is 5.43 Å². The predicted molar refractivity (Wildman–Crippen MR) is 96.5 cm³/mol. The summed E-state index contributed by atoms with van der Waals surface area (Å²) in [4.78, 5) is 7.52. The van der Waals surface area contributed by atoms with Gasteiger partial charge in [-0.2, -0.15) is 5.10 Å². The standard InChI is InChI=1S/C18H13ClN4O/c19-13-7-5-12(6-8-13)17-10-9-14(24-17)11-20-23-18-21-15-3-1-2-4-16(15)22-18/h1-11H,(H2,21,22,23). The molecular formula is C18H13ClN4O. The molecule has 118 valence electrons. The van der Waals surface area contributed by atoms with Gasteiger partial charge in [0.25, 0.3) is 0 Å². The molecule has 24 heavy (non-hydrogen) atoms. The number of para-hydroxylation sites is 2. The number of imidazole rings is 1. The molecule has 2 aromatic heterocycles. The van der Waals surface area contributed by atoms with Gasteiger partial charge in [0, 0.05) is 10.6 Å². The lowest BCUT2D eigenvalue weighted by molar-refractivity contribution is 0.575. The Kier molecular flexibility index (Phi) is 3.76. The summed E-state index contributed by atoms with van der Waals surface area (Å²) in [6.45, 7) is 0. The van der Waals surface area contributed by atoms with Crippen LogP contribution in [0.15, 0.2) is 70.2 Å². The average Bonchev–Trinajstić information content (AvgIpc) is 3.22. The monoisotopic (exact) mass is 336 g/mol. The minimum absolute atomic E-state index is 0.580. The number of hydrazone groups is 1. The molecule has 5 nitrogen and oxygen atoms in total. The fraction of sp³-hybridized carbons (Fsp3) is 0. The Balaban J connectivity index is 1.47. The van der Waals surface area contributed by atoms with Crippen LogP contribution in [0.4, 0.5) is 5.95 Å². The molecule has 0 amide bonds. The highest BCUT2D eigenvalue weighted by atomic mass is 35.5. The maximum Gasteiger partial charge on any atom is 0.222 e. The number of anilines is 1. The van der Waals surface area contributed by atoms with Crippen molar-refractivity contribution in [3.8, 4) is 11.3 Å². The lowest BCUT2D eigenvalue weighted by atomic mass is 10.2. The zero-order chi connectivity index (χ0) is 16.4. The molecule has 0 atom stereocenters. The molecule has 6 heteroatoms. The van der Waals surface area contributed by atoms with Crippen molar-refractivity contribution in [2.75, 3.05) is 5.43 Å². The van der Waals surface area contributed by atoms with E-state index in [9.17, 15) is 0 Å². The molecule has 0 spiro atoms. The second-order valence-electron chi connectivity index (χ2n) is 5.18. The van der Waals surface area contributed by atoms with Crippen LogP contribution in [0.3, 0.4) is 0 Å². The Labute approximate surface area is 143 Å². The van der Waals surface area contributed by atoms with E-state index in [-0.39, 0.29) is 0 Å². The minimum atomic E-state index is 0.580. The van der Waals surface area contributed by atoms with Crippen molar-refractivity contribution in [2.24, 2.45) is 5.10 Å². The maximum absolute atomic E-state index is 5.89. The maximum atomic E-state index is 5.89. The second-order valence-corrected chi connectivity index (χ2v) is 5.62. The van der Waals surface area contributed by atoms with Gasteiger partial charge in [0.1, 0.15) is 11.5 Å². The molecular weight excluding hydrogens is 324 g/mol. The molecule has 0 saturated carbocycles. The van der Waals surface area contributed by atoms with E-state index in [1.807, 2.05) is 60.7 Å². The van der Waals surface area contributed by atoms with E-state index in [2.05, 4.69) is 20.5 Å². The summed E-state index contributed by atoms with van der Waals surface area (Å²) in [6, 6.07) is 19.0. The van der Waals surface area contributed by atoms with Gasteiger partial charge in [-0.15, -0.1) is 0 Å². The third-order valence-electron chi connectivity index (χ3n) is 3.51. The van der Waals surface area contributed by atoms with Gasteiger partial charge in [0.2, 0.25) is 5.95 Å². The van der Waals surface area contributed by atoms with Gasteiger partial charge in [-0.25, -0.2) is 10.4 Å². The number of aromatic nitrogens is 2. The first-order valence-corrected chi connectivity index (χ1v) is 7.75. The van der Waals surface area contributed by atoms with Crippen LogP contribution in [-0.4, -0.2) is 16.2 Å². The van der Waals surface area contributed by atoms with Crippen molar-refractivity contribution in [1.29, 1.82) is 0 Å². The fourth-order valence-electron chi connectivity index (χ4n) is 2.35. The second kappa shape index (κ2) is 6.22. The van der Waals surface area contributed by atoms with E-state index >= 15 is 0 Å². The summed E-state index contributed by atoms with van der Waals surface area (Å²) in [5.41, 5.74) is 5.67. The molecule has 0 aliphatic heterocycles. The molecule has 2 N–H and O–H groups in total. The van der Waals surface area contributed by atoms with Crippen LogP contribution in [0.1, 0.15) is 5.76 Å². The summed E-state index contributed by atoms with van der Waals surface area (Å²) >= 11 is 5.89. The Bertz CT molecular complexity index is 968. The first-order valence-electron chi connectivity index (χ1n) is 7.37. The number of H-pyrrole nitrogens is 1. The number of aromatic amines is 1. The Hall–Kier alpha value is -3.05. The lowest BCUT2D eigenvalue weighted by Crippen LogP contribution is -1.91. The summed E-state index contributed by atoms with van der Waals surface area (Å²) in [6.07, 6.45) is 1.60. The van der Waals surface area contributed by atoms with Crippen molar-refractivity contribution in [2.45, 2.75) is 0 Å². The van der Waals surface area contributed by atoms with Crippen LogP contribution in [0, 0.1) is 0 Å². The van der Waals surface area contributed by atoms with E-state index in [1.165, 1.54) is 0 Å². The van der Waals surface area contributed by atoms with Gasteiger partial charge in [0.15, 0.2) is 0 Å². The number of hydrogen-bond donors (Lipinski definition) is 2. The third kappa shape index (κ3) is 3.02. The first kappa shape index (κ1) is 14.5. The fourth-order valence-corrected chi connectivity index (χ4v) is 2.48. The van der Waals surface area contributed by atoms with E-state index in [0.717, 1.165) is 22.4 Å². The third-order valence-corrected chi connectivity index (χ3v) is 3.76. The molecule has 0 saturated heterocycles. The van der Waals surface area contributed by atoms with Gasteiger partial charge in [-0.1, -0.05) is 23.7 Å². The molecule has 4 aromatic rings. The van der Waals surface area contributed by atoms with Crippen molar-refractivity contribution < 1.29 is 4.42 Å². The van der Waals surface area contributed by atoms with E-state index in [0.29, 0.717) is 16.7 Å². The quantitative estimate of drug-likeness (QED) is 0.410. The average molecular weight is 337 g/mol. The van der Waals surface area contributed by atoms with Crippen LogP contribution in [0.5, 0.6) is 0 Å². The van der Waals surface area contributed by atoms with Gasteiger partial charge in [0.05, 0.1) is 17.2 Å². The number of benzene rings is 2. The van der Waals surface area contributed by atoms with Crippen molar-refractivity contribution in [3.05, 3.63) is 71.4 Å². The smallest absolute Gasteiger partial charge is 0.222 e. The number of rotatable bonds is 4. The van der Waals surface area contributed by atoms with Crippen molar-refractivity contribution >= 4 is 34.8 Å². The molecule has 0 fully saturated rings. The normalized spacial score (nSPS) is 11.4. The Morgan fingerprint density at radius 1 is 1.04 bits per heavy atom. The van der Waals surface area contributed by atoms with Gasteiger partial charge < -0.3 is 9.40 Å². The number of fused-ring (bicyclic) bond motifs is 1. The van der Waals surface area contributed by atoms with Crippen LogP contribution in [-0.2, 0) is 0 Å². The minimum Gasteiger partial charge on any atom is -0.455 e. The highest BCUT2D eigenvalue weighted by Crippen LogP contribution is 2.23. The highest BCUT2D eigenvalue weighted by Gasteiger charge is 2.04. The number of halogens is 1. The summed E-state index contributed by atoms with van der Waals surface area (Å²) < 4.78 is 5.74. The van der Waals surface area contributed by atoms with E-state index < -0.39 is 0 Å². The van der Waals surface area contributed by atoms with Crippen LogP contribution >= 0.6 is 11.6 Å².